The largest absolute Gasteiger partial charge is 0.383 e. The second-order valence-electron chi connectivity index (χ2n) is 2.27. The lowest BCUT2D eigenvalue weighted by molar-refractivity contribution is 1.26. The molecular weight excluding hydrogens is 148 g/mol. The maximum Gasteiger partial charge on any atom is 0.126 e. The average molecular weight is 158 g/mol. The first-order valence-corrected chi connectivity index (χ1v) is 3.63. The molecule has 0 radical (unpaired) electrons. The molecule has 0 heterocycles. The van der Waals surface area contributed by atoms with Gasteiger partial charge in [0.1, 0.15) is 12.4 Å². The third kappa shape index (κ3) is 2.14. The van der Waals surface area contributed by atoms with Crippen LogP contribution >= 0.6 is 0 Å². The molecule has 12 heavy (non-hydrogen) atoms. The van der Waals surface area contributed by atoms with E-state index in [2.05, 4.69) is 10.9 Å². The van der Waals surface area contributed by atoms with Gasteiger partial charge in [-0.05, 0) is 0 Å². The molecule has 0 spiro atoms. The highest BCUT2D eigenvalue weighted by atomic mass is 14.8. The van der Waals surface area contributed by atoms with E-state index in [4.69, 9.17) is 12.2 Å². The Bertz CT molecular complexity index is 306. The molecular formula is C10H10N2. The highest BCUT2D eigenvalue weighted by molar-refractivity contribution is 5.97. The maximum absolute atomic E-state index is 5.64. The summed E-state index contributed by atoms with van der Waals surface area (Å²) in [6, 6.07) is 9.55. The Hall–Kier alpha value is -1.75. The summed E-state index contributed by atoms with van der Waals surface area (Å²) in [5.74, 6) is 2.89. The molecule has 0 aliphatic heterocycles. The molecule has 2 heteroatoms. The highest BCUT2D eigenvalue weighted by Crippen LogP contribution is 1.96. The Kier molecular flexibility index (Phi) is 2.92. The van der Waals surface area contributed by atoms with Gasteiger partial charge in [-0.25, -0.2) is 0 Å². The minimum Gasteiger partial charge on any atom is -0.383 e. The van der Waals surface area contributed by atoms with Gasteiger partial charge in [0.15, 0.2) is 0 Å². The van der Waals surface area contributed by atoms with Crippen molar-refractivity contribution in [3.63, 3.8) is 0 Å². The van der Waals surface area contributed by atoms with Gasteiger partial charge >= 0.3 is 0 Å². The predicted molar refractivity (Wildman–Crippen MR) is 50.9 cm³/mol. The molecule has 60 valence electrons. The molecule has 0 aliphatic carbocycles. The highest BCUT2D eigenvalue weighted by Gasteiger charge is 1.93. The van der Waals surface area contributed by atoms with Crippen molar-refractivity contribution in [2.45, 2.75) is 0 Å². The second kappa shape index (κ2) is 4.20. The zero-order valence-corrected chi connectivity index (χ0v) is 6.70. The van der Waals surface area contributed by atoms with E-state index in [1.54, 1.807) is 0 Å². The molecule has 2 nitrogen and oxygen atoms in total. The van der Waals surface area contributed by atoms with Gasteiger partial charge in [-0.3, -0.25) is 4.99 Å². The molecule has 0 bridgehead atoms. The Balaban J connectivity index is 2.79. The smallest absolute Gasteiger partial charge is 0.126 e. The quantitative estimate of drug-likeness (QED) is 0.389. The van der Waals surface area contributed by atoms with Gasteiger partial charge in [0.25, 0.3) is 0 Å². The van der Waals surface area contributed by atoms with Gasteiger partial charge in [0.05, 0.1) is 0 Å². The Labute approximate surface area is 72.1 Å². The molecule has 0 saturated carbocycles. The van der Waals surface area contributed by atoms with Crippen molar-refractivity contribution < 1.29 is 0 Å². The van der Waals surface area contributed by atoms with E-state index in [-0.39, 0.29) is 0 Å². The summed E-state index contributed by atoms with van der Waals surface area (Å²) in [6.07, 6.45) is 5.04. The van der Waals surface area contributed by atoms with Crippen LogP contribution in [0.4, 0.5) is 0 Å². The molecule has 1 rings (SSSR count). The van der Waals surface area contributed by atoms with Crippen molar-refractivity contribution >= 4 is 5.84 Å². The van der Waals surface area contributed by atoms with Crippen molar-refractivity contribution in [1.29, 1.82) is 0 Å². The van der Waals surface area contributed by atoms with Crippen LogP contribution in [0.3, 0.4) is 0 Å². The molecule has 0 aromatic heterocycles. The van der Waals surface area contributed by atoms with Crippen LogP contribution in [0.5, 0.6) is 0 Å². The number of nitrogens with zero attached hydrogens (tertiary/aromatic N) is 1. The monoisotopic (exact) mass is 158 g/mol. The van der Waals surface area contributed by atoms with Gasteiger partial charge < -0.3 is 5.73 Å². The number of rotatable bonds is 2. The minimum atomic E-state index is 0.334. The minimum absolute atomic E-state index is 0.334. The van der Waals surface area contributed by atoms with Gasteiger partial charge in [-0.15, -0.1) is 6.42 Å². The van der Waals surface area contributed by atoms with Crippen LogP contribution in [0.2, 0.25) is 0 Å². The molecule has 1 aromatic rings. The Morgan fingerprint density at radius 2 is 2.08 bits per heavy atom. The van der Waals surface area contributed by atoms with E-state index in [0.29, 0.717) is 12.4 Å². The number of nitrogens with two attached hydrogens (primary N) is 1. The molecule has 0 amide bonds. The fourth-order valence-electron chi connectivity index (χ4n) is 0.831. The SMILES string of the molecule is C#CCN=C(N)c1ccccc1. The van der Waals surface area contributed by atoms with Crippen LogP contribution in [0.25, 0.3) is 0 Å². The van der Waals surface area contributed by atoms with Crippen LogP contribution < -0.4 is 5.73 Å². The van der Waals surface area contributed by atoms with E-state index in [9.17, 15) is 0 Å². The number of amidine groups is 1. The summed E-state index contributed by atoms with van der Waals surface area (Å²) < 4.78 is 0. The molecule has 0 saturated heterocycles. The van der Waals surface area contributed by atoms with Crippen molar-refractivity contribution in [2.24, 2.45) is 10.7 Å². The molecule has 0 atom stereocenters. The summed E-state index contributed by atoms with van der Waals surface area (Å²) in [5, 5.41) is 0. The fourth-order valence-corrected chi connectivity index (χ4v) is 0.831. The summed E-state index contributed by atoms with van der Waals surface area (Å²) >= 11 is 0. The summed E-state index contributed by atoms with van der Waals surface area (Å²) in [5.41, 5.74) is 6.55. The number of benzene rings is 1. The lowest BCUT2D eigenvalue weighted by atomic mass is 10.2. The molecule has 0 fully saturated rings. The Morgan fingerprint density at radius 3 is 2.67 bits per heavy atom. The number of hydrogen-bond acceptors (Lipinski definition) is 1. The second-order valence-corrected chi connectivity index (χ2v) is 2.27. The van der Waals surface area contributed by atoms with Crippen LogP contribution in [-0.2, 0) is 0 Å². The summed E-state index contributed by atoms with van der Waals surface area (Å²) in [6.45, 7) is 0.334. The molecule has 2 N–H and O–H groups in total. The zero-order chi connectivity index (χ0) is 8.81. The van der Waals surface area contributed by atoms with E-state index >= 15 is 0 Å². The lowest BCUT2D eigenvalue weighted by Crippen LogP contribution is -2.13. The lowest BCUT2D eigenvalue weighted by Gasteiger charge is -1.97. The first-order valence-electron chi connectivity index (χ1n) is 3.63. The van der Waals surface area contributed by atoms with E-state index in [0.717, 1.165) is 5.56 Å². The van der Waals surface area contributed by atoms with E-state index < -0.39 is 0 Å². The standard InChI is InChI=1S/C10H10N2/c1-2-8-12-10(11)9-6-4-3-5-7-9/h1,3-7H,8H2,(H2,11,12). The zero-order valence-electron chi connectivity index (χ0n) is 6.70. The van der Waals surface area contributed by atoms with Crippen molar-refractivity contribution in [3.05, 3.63) is 35.9 Å². The van der Waals surface area contributed by atoms with Gasteiger partial charge in [-0.2, -0.15) is 0 Å². The van der Waals surface area contributed by atoms with Crippen LogP contribution in [0.1, 0.15) is 5.56 Å². The van der Waals surface area contributed by atoms with Gasteiger partial charge in [0, 0.05) is 5.56 Å². The van der Waals surface area contributed by atoms with E-state index in [1.165, 1.54) is 0 Å². The molecule has 0 unspecified atom stereocenters. The topological polar surface area (TPSA) is 38.4 Å². The fraction of sp³-hybridized carbons (Fsp3) is 0.100. The van der Waals surface area contributed by atoms with Crippen molar-refractivity contribution in [3.8, 4) is 12.3 Å². The normalized spacial score (nSPS) is 10.8. The van der Waals surface area contributed by atoms with Crippen molar-refractivity contribution in [2.75, 3.05) is 6.54 Å². The van der Waals surface area contributed by atoms with Crippen LogP contribution in [0, 0.1) is 12.3 Å². The number of terminal acetylenes is 1. The van der Waals surface area contributed by atoms with Crippen LogP contribution in [0.15, 0.2) is 35.3 Å². The number of aliphatic imine (C=N–C) groups is 1. The van der Waals surface area contributed by atoms with Crippen LogP contribution in [-0.4, -0.2) is 12.4 Å². The first-order chi connectivity index (χ1) is 5.84. The summed E-state index contributed by atoms with van der Waals surface area (Å²) in [4.78, 5) is 3.97. The first kappa shape index (κ1) is 8.35. The van der Waals surface area contributed by atoms with E-state index in [1.807, 2.05) is 30.3 Å². The molecule has 0 aliphatic rings. The summed E-state index contributed by atoms with van der Waals surface area (Å²) in [7, 11) is 0. The molecule has 1 aromatic carbocycles. The van der Waals surface area contributed by atoms with Gasteiger partial charge in [0.2, 0.25) is 0 Å². The van der Waals surface area contributed by atoms with Gasteiger partial charge in [-0.1, -0.05) is 36.3 Å². The average Bonchev–Trinajstić information content (AvgIpc) is 2.15. The third-order valence-electron chi connectivity index (χ3n) is 1.41. The maximum atomic E-state index is 5.64. The third-order valence-corrected chi connectivity index (χ3v) is 1.41. The Morgan fingerprint density at radius 1 is 1.42 bits per heavy atom. The van der Waals surface area contributed by atoms with Crippen molar-refractivity contribution in [1.82, 2.24) is 0 Å². The predicted octanol–water partition coefficient (Wildman–Crippen LogP) is 1.03. The number of hydrogen-bond donors (Lipinski definition) is 1.